The third-order valence-corrected chi connectivity index (χ3v) is 6.51. The zero-order chi connectivity index (χ0) is 20.8. The number of carbonyl (C=O) groups is 2. The molecule has 5 nitrogen and oxygen atoms in total. The Kier molecular flexibility index (Phi) is 7.82. The topological polar surface area (TPSA) is 52.7 Å². The summed E-state index contributed by atoms with van der Waals surface area (Å²) in [6.45, 7) is 8.10. The third-order valence-electron chi connectivity index (χ3n) is 6.24. The molecular weight excluding hydrogens is 386 g/mol. The highest BCUT2D eigenvalue weighted by atomic mass is 35.5. The van der Waals surface area contributed by atoms with E-state index < -0.39 is 0 Å². The maximum atomic E-state index is 13.4. The summed E-state index contributed by atoms with van der Waals surface area (Å²) in [5.74, 6) is 1.90. The first-order valence-electron chi connectivity index (χ1n) is 11.0. The normalized spacial score (nSPS) is 18.7. The lowest BCUT2D eigenvalue weighted by Crippen LogP contribution is -2.40. The van der Waals surface area contributed by atoms with Crippen LogP contribution < -0.4 is 10.2 Å². The molecule has 1 aromatic rings. The molecule has 0 radical (unpaired) electrons. The average molecular weight is 420 g/mol. The number of carbonyl (C=O) groups excluding carboxylic acids is 2. The quantitative estimate of drug-likeness (QED) is 0.676. The molecule has 2 aliphatic heterocycles. The van der Waals surface area contributed by atoms with Crippen molar-refractivity contribution in [1.29, 1.82) is 0 Å². The van der Waals surface area contributed by atoms with Gasteiger partial charge in [0, 0.05) is 49.9 Å². The smallest absolute Gasteiger partial charge is 0.256 e. The average Bonchev–Trinajstić information content (AvgIpc) is 2.73. The number of amides is 2. The van der Waals surface area contributed by atoms with E-state index in [1.807, 2.05) is 23.1 Å². The Bertz CT molecular complexity index is 708. The van der Waals surface area contributed by atoms with Crippen LogP contribution in [0.2, 0.25) is 0 Å². The van der Waals surface area contributed by atoms with Crippen LogP contribution >= 0.6 is 11.6 Å². The van der Waals surface area contributed by atoms with E-state index >= 15 is 0 Å². The van der Waals surface area contributed by atoms with Crippen molar-refractivity contribution in [3.05, 3.63) is 23.8 Å². The van der Waals surface area contributed by atoms with Crippen molar-refractivity contribution >= 4 is 34.8 Å². The first kappa shape index (κ1) is 21.9. The van der Waals surface area contributed by atoms with Gasteiger partial charge >= 0.3 is 0 Å². The zero-order valence-electron chi connectivity index (χ0n) is 17.8. The fourth-order valence-electron chi connectivity index (χ4n) is 4.14. The van der Waals surface area contributed by atoms with E-state index in [1.165, 1.54) is 0 Å². The van der Waals surface area contributed by atoms with Gasteiger partial charge in [-0.3, -0.25) is 9.59 Å². The van der Waals surface area contributed by atoms with Crippen molar-refractivity contribution in [3.8, 4) is 0 Å². The highest BCUT2D eigenvalue weighted by Crippen LogP contribution is 2.30. The minimum absolute atomic E-state index is 0.0598. The van der Waals surface area contributed by atoms with Gasteiger partial charge in [0.05, 0.1) is 5.56 Å². The summed E-state index contributed by atoms with van der Waals surface area (Å²) >= 11 is 5.69. The van der Waals surface area contributed by atoms with Crippen LogP contribution in [0.15, 0.2) is 18.2 Å². The number of benzene rings is 1. The van der Waals surface area contributed by atoms with Gasteiger partial charge in [0.1, 0.15) is 0 Å². The Morgan fingerprint density at radius 2 is 1.66 bits per heavy atom. The largest absolute Gasteiger partial charge is 0.371 e. The third kappa shape index (κ3) is 5.88. The number of halogens is 1. The van der Waals surface area contributed by atoms with E-state index in [9.17, 15) is 9.59 Å². The second-order valence-electron chi connectivity index (χ2n) is 8.72. The highest BCUT2D eigenvalue weighted by molar-refractivity contribution is 6.18. The summed E-state index contributed by atoms with van der Waals surface area (Å²) in [5, 5.41) is 2.93. The Balaban J connectivity index is 1.83. The fourth-order valence-corrected chi connectivity index (χ4v) is 4.28. The molecule has 2 fully saturated rings. The summed E-state index contributed by atoms with van der Waals surface area (Å²) in [6, 6.07) is 5.79. The molecule has 2 amide bonds. The number of nitrogens with one attached hydrogen (secondary N) is 1. The number of rotatable bonds is 6. The van der Waals surface area contributed by atoms with E-state index in [2.05, 4.69) is 24.1 Å². The molecule has 2 aliphatic rings. The Labute approximate surface area is 179 Å². The monoisotopic (exact) mass is 419 g/mol. The van der Waals surface area contributed by atoms with Gasteiger partial charge < -0.3 is 15.1 Å². The predicted molar refractivity (Wildman–Crippen MR) is 120 cm³/mol. The van der Waals surface area contributed by atoms with Crippen molar-refractivity contribution in [2.75, 3.05) is 42.3 Å². The zero-order valence-corrected chi connectivity index (χ0v) is 18.5. The van der Waals surface area contributed by atoms with Crippen LogP contribution in [-0.2, 0) is 4.79 Å². The maximum absolute atomic E-state index is 13.4. The number of piperidine rings is 2. The van der Waals surface area contributed by atoms with E-state index in [0.717, 1.165) is 63.5 Å². The molecule has 2 heterocycles. The van der Waals surface area contributed by atoms with Gasteiger partial charge in [-0.05, 0) is 62.1 Å². The first-order chi connectivity index (χ1) is 14.0. The molecule has 0 atom stereocenters. The standard InChI is InChI=1S/C23H34ClN3O2/c1-17-7-12-26(13-8-17)21-6-5-19(25-22(28)4-3-11-24)16-20(21)23(29)27-14-9-18(2)10-15-27/h5-6,16-18H,3-4,7-15H2,1-2H3,(H,25,28). The van der Waals surface area contributed by atoms with Gasteiger partial charge in [0.2, 0.25) is 5.91 Å². The van der Waals surface area contributed by atoms with E-state index in [4.69, 9.17) is 11.6 Å². The molecule has 2 saturated heterocycles. The SMILES string of the molecule is CC1CCN(C(=O)c2cc(NC(=O)CCCCl)ccc2N2CCC(C)CC2)CC1. The van der Waals surface area contributed by atoms with Crippen LogP contribution in [0.5, 0.6) is 0 Å². The van der Waals surface area contributed by atoms with Crippen LogP contribution in [0, 0.1) is 11.8 Å². The minimum Gasteiger partial charge on any atom is -0.371 e. The molecule has 0 aliphatic carbocycles. The van der Waals surface area contributed by atoms with Crippen molar-refractivity contribution in [2.45, 2.75) is 52.4 Å². The molecule has 1 N–H and O–H groups in total. The highest BCUT2D eigenvalue weighted by Gasteiger charge is 2.26. The van der Waals surface area contributed by atoms with Gasteiger partial charge in [0.25, 0.3) is 5.91 Å². The second-order valence-corrected chi connectivity index (χ2v) is 9.09. The summed E-state index contributed by atoms with van der Waals surface area (Å²) in [5.41, 5.74) is 2.40. The number of hydrogen-bond acceptors (Lipinski definition) is 3. The van der Waals surface area contributed by atoms with Gasteiger partial charge in [-0.25, -0.2) is 0 Å². The van der Waals surface area contributed by atoms with E-state index in [1.54, 1.807) is 0 Å². The predicted octanol–water partition coefficient (Wildman–Crippen LogP) is 4.75. The molecule has 0 saturated carbocycles. The Morgan fingerprint density at radius 3 is 2.28 bits per heavy atom. The van der Waals surface area contributed by atoms with Crippen molar-refractivity contribution in [1.82, 2.24) is 4.90 Å². The molecule has 160 valence electrons. The fraction of sp³-hybridized carbons (Fsp3) is 0.652. The van der Waals surface area contributed by atoms with Crippen LogP contribution in [0.1, 0.15) is 62.7 Å². The van der Waals surface area contributed by atoms with E-state index in [-0.39, 0.29) is 11.8 Å². The molecule has 0 unspecified atom stereocenters. The summed E-state index contributed by atoms with van der Waals surface area (Å²) in [7, 11) is 0. The lowest BCUT2D eigenvalue weighted by Gasteiger charge is -2.35. The molecule has 1 aromatic carbocycles. The van der Waals surface area contributed by atoms with Crippen molar-refractivity contribution in [2.24, 2.45) is 11.8 Å². The summed E-state index contributed by atoms with van der Waals surface area (Å²) in [4.78, 5) is 29.9. The number of hydrogen-bond donors (Lipinski definition) is 1. The second kappa shape index (κ2) is 10.3. The maximum Gasteiger partial charge on any atom is 0.256 e. The molecule has 3 rings (SSSR count). The van der Waals surface area contributed by atoms with Crippen LogP contribution in [0.25, 0.3) is 0 Å². The summed E-state index contributed by atoms with van der Waals surface area (Å²) < 4.78 is 0. The number of nitrogens with zero attached hydrogens (tertiary/aromatic N) is 2. The lowest BCUT2D eigenvalue weighted by molar-refractivity contribution is -0.116. The van der Waals surface area contributed by atoms with Crippen LogP contribution in [0.4, 0.5) is 11.4 Å². The number of alkyl halides is 1. The van der Waals surface area contributed by atoms with Gasteiger partial charge in [-0.1, -0.05) is 13.8 Å². The lowest BCUT2D eigenvalue weighted by atomic mass is 9.96. The van der Waals surface area contributed by atoms with Crippen molar-refractivity contribution < 1.29 is 9.59 Å². The Hall–Kier alpha value is -1.75. The molecule has 0 aromatic heterocycles. The molecule has 0 spiro atoms. The van der Waals surface area contributed by atoms with Crippen molar-refractivity contribution in [3.63, 3.8) is 0 Å². The van der Waals surface area contributed by atoms with Gasteiger partial charge in [-0.15, -0.1) is 11.6 Å². The van der Waals surface area contributed by atoms with Crippen LogP contribution in [-0.4, -0.2) is 48.8 Å². The van der Waals surface area contributed by atoms with Crippen LogP contribution in [0.3, 0.4) is 0 Å². The summed E-state index contributed by atoms with van der Waals surface area (Å²) in [6.07, 6.45) is 5.43. The van der Waals surface area contributed by atoms with Gasteiger partial charge in [0.15, 0.2) is 0 Å². The molecule has 0 bridgehead atoms. The first-order valence-corrected chi connectivity index (χ1v) is 11.6. The number of anilines is 2. The van der Waals surface area contributed by atoms with E-state index in [0.29, 0.717) is 35.9 Å². The Morgan fingerprint density at radius 1 is 1.03 bits per heavy atom. The molecule has 6 heteroatoms. The van der Waals surface area contributed by atoms with Gasteiger partial charge in [-0.2, -0.15) is 0 Å². The molecular formula is C23H34ClN3O2. The molecule has 29 heavy (non-hydrogen) atoms. The number of likely N-dealkylation sites (tertiary alicyclic amines) is 1. The minimum atomic E-state index is -0.0598.